The number of halogens is 1. The first-order valence-electron chi connectivity index (χ1n) is 9.37. The second-order valence-electron chi connectivity index (χ2n) is 6.69. The Labute approximate surface area is 179 Å². The number of likely N-dealkylation sites (N-methyl/N-ethyl adjacent to an activating group) is 1. The van der Waals surface area contributed by atoms with Crippen LogP contribution in [0.25, 0.3) is 16.9 Å². The van der Waals surface area contributed by atoms with Gasteiger partial charge in [0.2, 0.25) is 5.91 Å². The summed E-state index contributed by atoms with van der Waals surface area (Å²) in [6.45, 7) is 9.34. The number of aromatic nitrogens is 3. The molecule has 3 rings (SSSR count). The summed E-state index contributed by atoms with van der Waals surface area (Å²) in [6, 6.07) is 7.95. The number of nitrogens with zero attached hydrogens (tertiary/aromatic N) is 4. The monoisotopic (exact) mass is 496 g/mol. The average Bonchev–Trinajstić information content (AvgIpc) is 3.01. The van der Waals surface area contributed by atoms with Gasteiger partial charge in [-0.2, -0.15) is 5.10 Å². The summed E-state index contributed by atoms with van der Waals surface area (Å²) in [4.78, 5) is 19.4. The fourth-order valence-corrected chi connectivity index (χ4v) is 4.15. The van der Waals surface area contributed by atoms with Crippen LogP contribution in [0.1, 0.15) is 30.8 Å². The maximum absolute atomic E-state index is 12.9. The first kappa shape index (κ1) is 20.6. The van der Waals surface area contributed by atoms with Crippen molar-refractivity contribution in [3.05, 3.63) is 44.8 Å². The van der Waals surface area contributed by atoms with Gasteiger partial charge in [-0.15, -0.1) is 0 Å². The Morgan fingerprint density at radius 2 is 1.93 bits per heavy atom. The molecule has 3 aromatic rings. The second-order valence-corrected chi connectivity index (χ2v) is 7.86. The van der Waals surface area contributed by atoms with Crippen LogP contribution in [-0.2, 0) is 11.2 Å². The highest BCUT2D eigenvalue weighted by atomic mass is 131. The van der Waals surface area contributed by atoms with Crippen LogP contribution < -0.4 is 4.74 Å². The summed E-state index contributed by atoms with van der Waals surface area (Å²) >= 11 is 2.25. The molecule has 0 N–H and O–H groups in total. The second kappa shape index (κ2) is 8.46. The predicted molar refractivity (Wildman–Crippen MR) is 119 cm³/mol. The van der Waals surface area contributed by atoms with E-state index in [-0.39, 0.29) is 12.3 Å². The van der Waals surface area contributed by atoms with E-state index < -0.39 is 0 Å². The van der Waals surface area contributed by atoms with Gasteiger partial charge in [0.1, 0.15) is 5.75 Å². The number of methoxy groups -OCH3 is 1. The lowest BCUT2D eigenvalue weighted by Crippen LogP contribution is -2.31. The number of hydrogen-bond acceptors (Lipinski definition) is 4. The molecule has 7 heteroatoms. The number of fused-ring (bicyclic) bond motifs is 1. The first-order valence-corrected chi connectivity index (χ1v) is 10.4. The molecule has 2 aromatic heterocycles. The lowest BCUT2D eigenvalue weighted by Gasteiger charge is -2.18. The van der Waals surface area contributed by atoms with Crippen LogP contribution in [-0.4, -0.2) is 45.6 Å². The molecular weight excluding hydrogens is 471 g/mol. The van der Waals surface area contributed by atoms with Crippen LogP contribution in [0.3, 0.4) is 0 Å². The summed E-state index contributed by atoms with van der Waals surface area (Å²) in [5, 5.41) is 4.82. The van der Waals surface area contributed by atoms with Crippen molar-refractivity contribution in [2.24, 2.45) is 0 Å². The maximum Gasteiger partial charge on any atom is 0.227 e. The van der Waals surface area contributed by atoms with Crippen LogP contribution in [0.15, 0.2) is 24.3 Å². The minimum Gasteiger partial charge on any atom is -0.496 e. The van der Waals surface area contributed by atoms with Gasteiger partial charge in [-0.05, 0) is 74.6 Å². The molecule has 0 fully saturated rings. The van der Waals surface area contributed by atoms with Crippen LogP contribution in [0.4, 0.5) is 0 Å². The summed E-state index contributed by atoms with van der Waals surface area (Å²) in [5.41, 5.74) is 5.27. The van der Waals surface area contributed by atoms with E-state index in [0.717, 1.165) is 43.2 Å². The van der Waals surface area contributed by atoms with Crippen LogP contribution in [0, 0.1) is 17.4 Å². The third-order valence-electron chi connectivity index (χ3n) is 4.86. The van der Waals surface area contributed by atoms with Gasteiger partial charge in [0.15, 0.2) is 5.65 Å². The SMILES string of the molecule is CCN(CC)C(=O)Cc1c(-c2ccc(OC)c([131I])c2)nn2c(C)cc(C)nc12. The number of amides is 1. The maximum atomic E-state index is 12.9. The highest BCUT2D eigenvalue weighted by molar-refractivity contribution is 14.1. The molecule has 1 amide bonds. The molecule has 1 aromatic carbocycles. The van der Waals surface area contributed by atoms with Gasteiger partial charge >= 0.3 is 0 Å². The van der Waals surface area contributed by atoms with Gasteiger partial charge in [0, 0.05) is 35.6 Å². The lowest BCUT2D eigenvalue weighted by molar-refractivity contribution is -0.130. The number of benzene rings is 1. The van der Waals surface area contributed by atoms with E-state index in [1.54, 1.807) is 7.11 Å². The van der Waals surface area contributed by atoms with Crippen molar-refractivity contribution < 1.29 is 9.53 Å². The summed E-state index contributed by atoms with van der Waals surface area (Å²) < 4.78 is 8.21. The van der Waals surface area contributed by atoms with Crippen LogP contribution >= 0.6 is 22.6 Å². The van der Waals surface area contributed by atoms with Crippen molar-refractivity contribution in [1.29, 1.82) is 0 Å². The van der Waals surface area contributed by atoms with Gasteiger partial charge in [-0.3, -0.25) is 4.79 Å². The van der Waals surface area contributed by atoms with Gasteiger partial charge in [-0.25, -0.2) is 9.50 Å². The van der Waals surface area contributed by atoms with Gasteiger partial charge in [0.05, 0.1) is 22.8 Å². The van der Waals surface area contributed by atoms with E-state index in [0.29, 0.717) is 13.1 Å². The molecule has 28 heavy (non-hydrogen) atoms. The number of hydrogen-bond donors (Lipinski definition) is 0. The molecule has 0 saturated heterocycles. The molecule has 6 nitrogen and oxygen atoms in total. The summed E-state index contributed by atoms with van der Waals surface area (Å²) in [5.74, 6) is 0.907. The highest BCUT2D eigenvalue weighted by Crippen LogP contribution is 2.31. The number of aryl methyl sites for hydroxylation is 2. The lowest BCUT2D eigenvalue weighted by atomic mass is 10.0. The molecule has 0 atom stereocenters. The van der Waals surface area contributed by atoms with Crippen molar-refractivity contribution >= 4 is 34.1 Å². The Morgan fingerprint density at radius 3 is 2.54 bits per heavy atom. The largest absolute Gasteiger partial charge is 0.496 e. The number of carbonyl (C=O) groups is 1. The molecule has 0 spiro atoms. The molecule has 148 valence electrons. The smallest absolute Gasteiger partial charge is 0.227 e. The molecule has 2 heterocycles. The third-order valence-corrected chi connectivity index (χ3v) is 5.70. The van der Waals surface area contributed by atoms with E-state index in [2.05, 4.69) is 22.6 Å². The predicted octanol–water partition coefficient (Wildman–Crippen LogP) is 4.04. The molecule has 0 aliphatic heterocycles. The molecule has 0 saturated carbocycles. The minimum absolute atomic E-state index is 0.0883. The van der Waals surface area contributed by atoms with E-state index in [1.165, 1.54) is 0 Å². The van der Waals surface area contributed by atoms with Crippen molar-refractivity contribution in [3.63, 3.8) is 0 Å². The fraction of sp³-hybridized carbons (Fsp3) is 0.381. The van der Waals surface area contributed by atoms with Crippen molar-refractivity contribution in [1.82, 2.24) is 19.5 Å². The molecule has 0 unspecified atom stereocenters. The van der Waals surface area contributed by atoms with Gasteiger partial charge in [-0.1, -0.05) is 0 Å². The zero-order valence-electron chi connectivity index (χ0n) is 16.9. The fourth-order valence-electron chi connectivity index (χ4n) is 3.41. The van der Waals surface area contributed by atoms with Crippen LogP contribution in [0.2, 0.25) is 0 Å². The average molecular weight is 496 g/mol. The minimum atomic E-state index is 0.0883. The first-order chi connectivity index (χ1) is 13.4. The standard InChI is InChI=1S/C21H25IN4O2/c1-6-25(7-2)19(27)12-16-20(15-8-9-18(28-5)17(22)11-15)24-26-14(4)10-13(3)23-21(16)26/h8-11H,6-7,12H2,1-5H3/i22+4. The molecular formula is C21H25IN4O2. The van der Waals surface area contributed by atoms with Crippen molar-refractivity contribution in [3.8, 4) is 17.0 Å². The van der Waals surface area contributed by atoms with E-state index >= 15 is 0 Å². The molecule has 0 bridgehead atoms. The molecule has 0 radical (unpaired) electrons. The molecule has 0 aliphatic rings. The summed E-state index contributed by atoms with van der Waals surface area (Å²) in [6.07, 6.45) is 0.277. The number of carbonyl (C=O) groups excluding carboxylic acids is 1. The Hall–Kier alpha value is -2.16. The molecule has 0 aliphatic carbocycles. The highest BCUT2D eigenvalue weighted by Gasteiger charge is 2.22. The van der Waals surface area contributed by atoms with E-state index in [4.69, 9.17) is 14.8 Å². The Kier molecular flexibility index (Phi) is 6.22. The zero-order chi connectivity index (χ0) is 20.4. The van der Waals surface area contributed by atoms with Crippen molar-refractivity contribution in [2.75, 3.05) is 20.2 Å². The number of ether oxygens (including phenoxy) is 1. The Balaban J connectivity index is 2.20. The zero-order valence-corrected chi connectivity index (χ0v) is 19.1. The third kappa shape index (κ3) is 3.85. The van der Waals surface area contributed by atoms with Crippen LogP contribution in [0.5, 0.6) is 5.75 Å². The topological polar surface area (TPSA) is 59.7 Å². The number of rotatable bonds is 6. The summed E-state index contributed by atoms with van der Waals surface area (Å²) in [7, 11) is 1.66. The normalized spacial score (nSPS) is 11.1. The quantitative estimate of drug-likeness (QED) is 0.484. The Bertz CT molecular complexity index is 1020. The van der Waals surface area contributed by atoms with E-state index in [9.17, 15) is 4.79 Å². The van der Waals surface area contributed by atoms with Gasteiger partial charge in [0.25, 0.3) is 0 Å². The van der Waals surface area contributed by atoms with E-state index in [1.807, 2.05) is 61.4 Å². The van der Waals surface area contributed by atoms with Crippen molar-refractivity contribution in [2.45, 2.75) is 34.1 Å². The Morgan fingerprint density at radius 1 is 1.21 bits per heavy atom. The van der Waals surface area contributed by atoms with Gasteiger partial charge < -0.3 is 9.64 Å².